The topological polar surface area (TPSA) is 61.8 Å². The number of carbonyl (C=O) groups is 1. The monoisotopic (exact) mass is 244 g/mol. The van der Waals surface area contributed by atoms with Crippen LogP contribution in [0.2, 0.25) is 0 Å². The van der Waals surface area contributed by atoms with E-state index in [1.54, 1.807) is 0 Å². The second-order valence-corrected chi connectivity index (χ2v) is 4.63. The molecule has 0 aromatic rings. The Morgan fingerprint density at radius 1 is 1.65 bits per heavy atom. The summed E-state index contributed by atoms with van der Waals surface area (Å²) in [6, 6.07) is 0.0235. The normalized spacial score (nSPS) is 21.9. The first-order valence-electron chi connectivity index (χ1n) is 6.39. The van der Waals surface area contributed by atoms with Gasteiger partial charge in [0.15, 0.2) is 0 Å². The molecular formula is C12H24N2O3. The summed E-state index contributed by atoms with van der Waals surface area (Å²) >= 11 is 0. The van der Waals surface area contributed by atoms with Crippen molar-refractivity contribution < 1.29 is 14.6 Å². The van der Waals surface area contributed by atoms with Crippen LogP contribution < -0.4 is 5.32 Å². The fourth-order valence-electron chi connectivity index (χ4n) is 2.02. The molecule has 1 aliphatic heterocycles. The van der Waals surface area contributed by atoms with E-state index in [0.29, 0.717) is 12.5 Å². The van der Waals surface area contributed by atoms with Gasteiger partial charge < -0.3 is 20.1 Å². The average molecular weight is 244 g/mol. The highest BCUT2D eigenvalue weighted by atomic mass is 16.5. The molecule has 5 heteroatoms. The van der Waals surface area contributed by atoms with Crippen LogP contribution >= 0.6 is 0 Å². The molecule has 0 spiro atoms. The minimum Gasteiger partial charge on any atom is -0.480 e. The molecule has 0 aliphatic carbocycles. The zero-order valence-corrected chi connectivity index (χ0v) is 10.8. The van der Waals surface area contributed by atoms with E-state index >= 15 is 0 Å². The third kappa shape index (κ3) is 5.02. The molecule has 0 radical (unpaired) electrons. The number of rotatable bonds is 8. The molecule has 1 fully saturated rings. The standard InChI is InChI=1S/C12H24N2O3/c1-3-6-13-11(12(15)16)4-7-14(2)10-5-8-17-9-10/h10-11,13H,3-9H2,1-2H3,(H,15,16). The maximum absolute atomic E-state index is 11.0. The van der Waals surface area contributed by atoms with Gasteiger partial charge in [-0.05, 0) is 32.9 Å². The summed E-state index contributed by atoms with van der Waals surface area (Å²) in [5, 5.41) is 12.1. The molecule has 1 aliphatic rings. The van der Waals surface area contributed by atoms with Gasteiger partial charge in [0.1, 0.15) is 6.04 Å². The van der Waals surface area contributed by atoms with Crippen LogP contribution in [-0.2, 0) is 9.53 Å². The SMILES string of the molecule is CCCNC(CCN(C)C1CCOC1)C(=O)O. The fourth-order valence-corrected chi connectivity index (χ4v) is 2.02. The van der Waals surface area contributed by atoms with Crippen molar-refractivity contribution in [1.29, 1.82) is 0 Å². The Kier molecular flexibility index (Phi) is 6.47. The summed E-state index contributed by atoms with van der Waals surface area (Å²) in [4.78, 5) is 13.2. The summed E-state index contributed by atoms with van der Waals surface area (Å²) in [5.41, 5.74) is 0. The zero-order chi connectivity index (χ0) is 12.7. The molecule has 0 saturated carbocycles. The molecule has 0 aromatic carbocycles. The fraction of sp³-hybridized carbons (Fsp3) is 0.917. The number of hydrogen-bond donors (Lipinski definition) is 2. The Labute approximate surface area is 103 Å². The Morgan fingerprint density at radius 2 is 2.41 bits per heavy atom. The molecule has 1 heterocycles. The van der Waals surface area contributed by atoms with Crippen molar-refractivity contribution in [3.8, 4) is 0 Å². The molecule has 17 heavy (non-hydrogen) atoms. The van der Waals surface area contributed by atoms with E-state index in [9.17, 15) is 4.79 Å². The summed E-state index contributed by atoms with van der Waals surface area (Å²) in [7, 11) is 2.04. The average Bonchev–Trinajstić information content (AvgIpc) is 2.81. The number of carboxylic acid groups (broad SMARTS) is 1. The van der Waals surface area contributed by atoms with Gasteiger partial charge in [0.05, 0.1) is 6.61 Å². The quantitative estimate of drug-likeness (QED) is 0.653. The van der Waals surface area contributed by atoms with Gasteiger partial charge in [-0.2, -0.15) is 0 Å². The summed E-state index contributed by atoms with van der Waals surface area (Å²) < 4.78 is 5.32. The molecular weight excluding hydrogens is 220 g/mol. The lowest BCUT2D eigenvalue weighted by atomic mass is 10.1. The number of hydrogen-bond acceptors (Lipinski definition) is 4. The molecule has 2 unspecified atom stereocenters. The minimum atomic E-state index is -0.755. The Hall–Kier alpha value is -0.650. The molecule has 0 aromatic heterocycles. The van der Waals surface area contributed by atoms with E-state index in [1.807, 2.05) is 14.0 Å². The van der Waals surface area contributed by atoms with Crippen molar-refractivity contribution in [2.45, 2.75) is 38.3 Å². The van der Waals surface area contributed by atoms with E-state index < -0.39 is 12.0 Å². The Balaban J connectivity index is 2.27. The van der Waals surface area contributed by atoms with Gasteiger partial charge >= 0.3 is 5.97 Å². The van der Waals surface area contributed by atoms with Gasteiger partial charge in [-0.1, -0.05) is 6.92 Å². The molecule has 1 saturated heterocycles. The molecule has 0 amide bonds. The third-order valence-electron chi connectivity index (χ3n) is 3.24. The molecule has 100 valence electrons. The molecule has 1 rings (SSSR count). The number of nitrogens with one attached hydrogen (secondary N) is 1. The third-order valence-corrected chi connectivity index (χ3v) is 3.24. The highest BCUT2D eigenvalue weighted by Gasteiger charge is 2.22. The predicted octanol–water partition coefficient (Wildman–Crippen LogP) is 0.550. The highest BCUT2D eigenvalue weighted by molar-refractivity contribution is 5.73. The van der Waals surface area contributed by atoms with E-state index in [1.165, 1.54) is 0 Å². The lowest BCUT2D eigenvalue weighted by Crippen LogP contribution is -2.41. The van der Waals surface area contributed by atoms with E-state index in [0.717, 1.165) is 39.1 Å². The predicted molar refractivity (Wildman–Crippen MR) is 66.2 cm³/mol. The van der Waals surface area contributed by atoms with Crippen LogP contribution in [0.5, 0.6) is 0 Å². The van der Waals surface area contributed by atoms with Gasteiger partial charge in [-0.15, -0.1) is 0 Å². The number of nitrogens with zero attached hydrogens (tertiary/aromatic N) is 1. The van der Waals surface area contributed by atoms with Crippen molar-refractivity contribution in [1.82, 2.24) is 10.2 Å². The first-order chi connectivity index (χ1) is 8.15. The number of aliphatic carboxylic acids is 1. The smallest absolute Gasteiger partial charge is 0.320 e. The second-order valence-electron chi connectivity index (χ2n) is 4.63. The number of carboxylic acids is 1. The number of ether oxygens (including phenoxy) is 1. The van der Waals surface area contributed by atoms with Crippen LogP contribution in [0.25, 0.3) is 0 Å². The van der Waals surface area contributed by atoms with Gasteiger partial charge in [0, 0.05) is 19.2 Å². The molecule has 5 nitrogen and oxygen atoms in total. The maximum Gasteiger partial charge on any atom is 0.320 e. The van der Waals surface area contributed by atoms with Crippen LogP contribution in [0.1, 0.15) is 26.2 Å². The van der Waals surface area contributed by atoms with Crippen molar-refractivity contribution >= 4 is 5.97 Å². The zero-order valence-electron chi connectivity index (χ0n) is 10.8. The largest absolute Gasteiger partial charge is 0.480 e. The van der Waals surface area contributed by atoms with E-state index in [-0.39, 0.29) is 0 Å². The van der Waals surface area contributed by atoms with Crippen LogP contribution in [0.3, 0.4) is 0 Å². The summed E-state index contributed by atoms with van der Waals surface area (Å²) in [6.07, 6.45) is 2.65. The van der Waals surface area contributed by atoms with Crippen molar-refractivity contribution in [2.75, 3.05) is 33.4 Å². The summed E-state index contributed by atoms with van der Waals surface area (Å²) in [6.45, 7) is 5.19. The lowest BCUT2D eigenvalue weighted by Gasteiger charge is -2.24. The first kappa shape index (κ1) is 14.4. The Bertz CT molecular complexity index is 230. The summed E-state index contributed by atoms with van der Waals surface area (Å²) in [5.74, 6) is -0.755. The van der Waals surface area contributed by atoms with Crippen LogP contribution in [-0.4, -0.2) is 61.4 Å². The molecule has 2 atom stereocenters. The van der Waals surface area contributed by atoms with Crippen molar-refractivity contribution in [3.63, 3.8) is 0 Å². The molecule has 2 N–H and O–H groups in total. The number of likely N-dealkylation sites (N-methyl/N-ethyl adjacent to an activating group) is 1. The van der Waals surface area contributed by atoms with E-state index in [2.05, 4.69) is 10.2 Å². The first-order valence-corrected chi connectivity index (χ1v) is 6.39. The minimum absolute atomic E-state index is 0.431. The maximum atomic E-state index is 11.0. The van der Waals surface area contributed by atoms with Gasteiger partial charge in [0.2, 0.25) is 0 Å². The Morgan fingerprint density at radius 3 is 2.94 bits per heavy atom. The van der Waals surface area contributed by atoms with Crippen molar-refractivity contribution in [2.24, 2.45) is 0 Å². The highest BCUT2D eigenvalue weighted by Crippen LogP contribution is 2.11. The van der Waals surface area contributed by atoms with Gasteiger partial charge in [0.25, 0.3) is 0 Å². The van der Waals surface area contributed by atoms with Crippen molar-refractivity contribution in [3.05, 3.63) is 0 Å². The van der Waals surface area contributed by atoms with Gasteiger partial charge in [-0.3, -0.25) is 4.79 Å². The van der Waals surface area contributed by atoms with Crippen LogP contribution in [0, 0.1) is 0 Å². The van der Waals surface area contributed by atoms with E-state index in [4.69, 9.17) is 9.84 Å². The van der Waals surface area contributed by atoms with Crippen LogP contribution in [0.15, 0.2) is 0 Å². The lowest BCUT2D eigenvalue weighted by molar-refractivity contribution is -0.139. The van der Waals surface area contributed by atoms with Crippen LogP contribution in [0.4, 0.5) is 0 Å². The van der Waals surface area contributed by atoms with Gasteiger partial charge in [-0.25, -0.2) is 0 Å². The second kappa shape index (κ2) is 7.63. The molecule has 0 bridgehead atoms.